The summed E-state index contributed by atoms with van der Waals surface area (Å²) < 4.78 is 1.64. The molecule has 1 aromatic heterocycles. The molecule has 3 nitrogen and oxygen atoms in total. The van der Waals surface area contributed by atoms with Gasteiger partial charge in [-0.3, -0.25) is 4.79 Å². The fraction of sp³-hybridized carbons (Fsp3) is 0.333. The summed E-state index contributed by atoms with van der Waals surface area (Å²) in [5.41, 5.74) is 3.68. The third kappa shape index (κ3) is 1.80. The van der Waals surface area contributed by atoms with Gasteiger partial charge in [0, 0.05) is 18.0 Å². The maximum absolute atomic E-state index is 12.2. The highest BCUT2D eigenvalue weighted by atomic mass is 16.1. The van der Waals surface area contributed by atoms with Gasteiger partial charge in [0.15, 0.2) is 0 Å². The quantitative estimate of drug-likeness (QED) is 0.769. The second kappa shape index (κ2) is 4.30. The fourth-order valence-corrected chi connectivity index (χ4v) is 2.32. The summed E-state index contributed by atoms with van der Waals surface area (Å²) in [6.07, 6.45) is 0. The van der Waals surface area contributed by atoms with Crippen LogP contribution in [0.3, 0.4) is 0 Å². The molecule has 0 saturated carbocycles. The number of aryl methyl sites for hydroxylation is 3. The van der Waals surface area contributed by atoms with E-state index in [1.54, 1.807) is 18.5 Å². The summed E-state index contributed by atoms with van der Waals surface area (Å²) in [5, 5.41) is 10.0. The van der Waals surface area contributed by atoms with Crippen molar-refractivity contribution < 1.29 is 0 Å². The van der Waals surface area contributed by atoms with Crippen molar-refractivity contribution in [3.63, 3.8) is 0 Å². The highest BCUT2D eigenvalue weighted by molar-refractivity contribution is 5.84. The first-order valence-electron chi connectivity index (χ1n) is 5.96. The first-order chi connectivity index (χ1) is 8.45. The topological polar surface area (TPSA) is 45.8 Å². The average Bonchev–Trinajstić information content (AvgIpc) is 2.33. The zero-order valence-electron chi connectivity index (χ0n) is 11.1. The number of hydrogen-bond donors (Lipinski definition) is 0. The van der Waals surface area contributed by atoms with E-state index >= 15 is 0 Å². The molecule has 0 amide bonds. The van der Waals surface area contributed by atoms with Crippen molar-refractivity contribution in [2.24, 2.45) is 7.05 Å². The molecule has 0 aliphatic rings. The molecule has 0 aliphatic heterocycles. The molecule has 0 N–H and O–H groups in total. The molecule has 2 aromatic rings. The number of benzene rings is 1. The number of fused-ring (bicyclic) bond motifs is 1. The summed E-state index contributed by atoms with van der Waals surface area (Å²) in [5.74, 6) is -0.381. The first kappa shape index (κ1) is 12.4. The summed E-state index contributed by atoms with van der Waals surface area (Å²) >= 11 is 0. The van der Waals surface area contributed by atoms with Crippen molar-refractivity contribution in [3.05, 3.63) is 45.2 Å². The number of hydrogen-bond acceptors (Lipinski definition) is 2. The molecule has 1 aromatic carbocycles. The van der Waals surface area contributed by atoms with E-state index in [1.165, 1.54) is 0 Å². The maximum Gasteiger partial charge on any atom is 0.255 e. The van der Waals surface area contributed by atoms with Crippen LogP contribution in [-0.4, -0.2) is 4.57 Å². The molecule has 0 spiro atoms. The lowest BCUT2D eigenvalue weighted by molar-refractivity contribution is 0.849. The molecule has 1 atom stereocenters. The summed E-state index contributed by atoms with van der Waals surface area (Å²) in [6.45, 7) is 5.80. The van der Waals surface area contributed by atoms with Crippen molar-refractivity contribution in [2.45, 2.75) is 26.7 Å². The Morgan fingerprint density at radius 2 is 1.94 bits per heavy atom. The van der Waals surface area contributed by atoms with E-state index in [0.717, 1.165) is 22.0 Å². The standard InChI is InChI=1S/C15H16N2O/c1-9-5-10(2)12-7-13(11(3)8-16)15(18)17(4)14(12)6-9/h5-7,11H,1-4H3. The third-order valence-corrected chi connectivity index (χ3v) is 3.38. The van der Waals surface area contributed by atoms with Crippen LogP contribution < -0.4 is 5.56 Å². The number of aromatic nitrogens is 1. The van der Waals surface area contributed by atoms with Gasteiger partial charge in [0.2, 0.25) is 0 Å². The predicted octanol–water partition coefficient (Wildman–Crippen LogP) is 2.78. The summed E-state index contributed by atoms with van der Waals surface area (Å²) in [4.78, 5) is 12.2. The zero-order chi connectivity index (χ0) is 13.4. The number of nitriles is 1. The zero-order valence-corrected chi connectivity index (χ0v) is 11.1. The van der Waals surface area contributed by atoms with Crippen LogP contribution in [0, 0.1) is 25.2 Å². The van der Waals surface area contributed by atoms with Crippen molar-refractivity contribution in [2.75, 3.05) is 0 Å². The van der Waals surface area contributed by atoms with Gasteiger partial charge < -0.3 is 4.57 Å². The van der Waals surface area contributed by atoms with Gasteiger partial charge in [-0.05, 0) is 44.0 Å². The molecule has 18 heavy (non-hydrogen) atoms. The van der Waals surface area contributed by atoms with Gasteiger partial charge >= 0.3 is 0 Å². The maximum atomic E-state index is 12.2. The van der Waals surface area contributed by atoms with Gasteiger partial charge in [-0.1, -0.05) is 6.07 Å². The van der Waals surface area contributed by atoms with Crippen LogP contribution in [0.5, 0.6) is 0 Å². The van der Waals surface area contributed by atoms with E-state index in [2.05, 4.69) is 12.1 Å². The Morgan fingerprint density at radius 1 is 1.28 bits per heavy atom. The van der Waals surface area contributed by atoms with E-state index in [-0.39, 0.29) is 11.5 Å². The van der Waals surface area contributed by atoms with E-state index < -0.39 is 0 Å². The smallest absolute Gasteiger partial charge is 0.255 e. The number of nitrogens with zero attached hydrogens (tertiary/aromatic N) is 2. The molecule has 0 bridgehead atoms. The highest BCUT2D eigenvalue weighted by Gasteiger charge is 2.13. The molecule has 0 fully saturated rings. The molecule has 3 heteroatoms. The monoisotopic (exact) mass is 240 g/mol. The Bertz CT molecular complexity index is 720. The largest absolute Gasteiger partial charge is 0.311 e. The molecule has 1 heterocycles. The van der Waals surface area contributed by atoms with Crippen LogP contribution in [0.15, 0.2) is 23.0 Å². The van der Waals surface area contributed by atoms with Crippen LogP contribution in [0.1, 0.15) is 29.5 Å². The molecule has 92 valence electrons. The number of rotatable bonds is 1. The van der Waals surface area contributed by atoms with E-state index in [0.29, 0.717) is 5.56 Å². The Morgan fingerprint density at radius 3 is 2.56 bits per heavy atom. The van der Waals surface area contributed by atoms with Crippen molar-refractivity contribution >= 4 is 10.9 Å². The Hall–Kier alpha value is -2.08. The van der Waals surface area contributed by atoms with E-state index in [1.807, 2.05) is 26.0 Å². The van der Waals surface area contributed by atoms with Crippen LogP contribution in [0.4, 0.5) is 0 Å². The van der Waals surface area contributed by atoms with Gasteiger partial charge in [0.1, 0.15) is 0 Å². The Balaban J connectivity index is 2.94. The molecular weight excluding hydrogens is 224 g/mol. The van der Waals surface area contributed by atoms with Crippen LogP contribution >= 0.6 is 0 Å². The molecule has 0 saturated heterocycles. The Kier molecular flexibility index (Phi) is 2.96. The Labute approximate surface area is 106 Å². The minimum Gasteiger partial charge on any atom is -0.311 e. The molecular formula is C15H16N2O. The molecule has 2 rings (SSSR count). The molecule has 0 aliphatic carbocycles. The highest BCUT2D eigenvalue weighted by Crippen LogP contribution is 2.22. The van der Waals surface area contributed by atoms with Crippen LogP contribution in [0.2, 0.25) is 0 Å². The minimum atomic E-state index is -0.381. The van der Waals surface area contributed by atoms with Crippen LogP contribution in [0.25, 0.3) is 10.9 Å². The van der Waals surface area contributed by atoms with Crippen molar-refractivity contribution in [3.8, 4) is 6.07 Å². The summed E-state index contributed by atoms with van der Waals surface area (Å²) in [6, 6.07) is 8.09. The van der Waals surface area contributed by atoms with E-state index in [4.69, 9.17) is 5.26 Å². The second-order valence-corrected chi connectivity index (χ2v) is 4.83. The average molecular weight is 240 g/mol. The lowest BCUT2D eigenvalue weighted by Gasteiger charge is -2.12. The second-order valence-electron chi connectivity index (χ2n) is 4.83. The van der Waals surface area contributed by atoms with Crippen molar-refractivity contribution in [1.82, 2.24) is 4.57 Å². The predicted molar refractivity (Wildman–Crippen MR) is 72.7 cm³/mol. The number of pyridine rings is 1. The SMILES string of the molecule is Cc1cc(C)c2cc(C(C)C#N)c(=O)n(C)c2c1. The lowest BCUT2D eigenvalue weighted by Crippen LogP contribution is -2.22. The fourth-order valence-electron chi connectivity index (χ4n) is 2.32. The molecule has 0 radical (unpaired) electrons. The van der Waals surface area contributed by atoms with Crippen LogP contribution in [-0.2, 0) is 7.05 Å². The third-order valence-electron chi connectivity index (χ3n) is 3.38. The lowest BCUT2D eigenvalue weighted by atomic mass is 9.99. The van der Waals surface area contributed by atoms with Gasteiger partial charge in [-0.2, -0.15) is 5.26 Å². The molecule has 1 unspecified atom stereocenters. The van der Waals surface area contributed by atoms with Gasteiger partial charge in [-0.25, -0.2) is 0 Å². The van der Waals surface area contributed by atoms with Gasteiger partial charge in [0.25, 0.3) is 5.56 Å². The summed E-state index contributed by atoms with van der Waals surface area (Å²) in [7, 11) is 1.76. The normalized spacial score (nSPS) is 12.4. The van der Waals surface area contributed by atoms with Crippen molar-refractivity contribution in [1.29, 1.82) is 5.26 Å². The van der Waals surface area contributed by atoms with Gasteiger partial charge in [0.05, 0.1) is 17.5 Å². The first-order valence-corrected chi connectivity index (χ1v) is 5.96. The van der Waals surface area contributed by atoms with E-state index in [9.17, 15) is 4.79 Å². The minimum absolute atomic E-state index is 0.0819. The van der Waals surface area contributed by atoms with Gasteiger partial charge in [-0.15, -0.1) is 0 Å².